The maximum atomic E-state index is 5.68. The summed E-state index contributed by atoms with van der Waals surface area (Å²) in [5.41, 5.74) is 2.86. The first-order valence-electron chi connectivity index (χ1n) is 6.92. The van der Waals surface area contributed by atoms with Crippen LogP contribution in [0.15, 0.2) is 18.2 Å². The number of hydrogen-bond donors (Lipinski definition) is 1. The number of rotatable bonds is 7. The average Bonchev–Trinajstić information content (AvgIpc) is 2.78. The molecule has 1 atom stereocenters. The molecule has 3 heteroatoms. The van der Waals surface area contributed by atoms with E-state index in [4.69, 9.17) is 9.47 Å². The topological polar surface area (TPSA) is 30.5 Å². The molecule has 0 fully saturated rings. The number of aryl methyl sites for hydroxylation is 1. The molecule has 100 valence electrons. The molecule has 1 aromatic carbocycles. The van der Waals surface area contributed by atoms with Crippen LogP contribution in [0.5, 0.6) is 5.75 Å². The zero-order valence-electron chi connectivity index (χ0n) is 11.4. The van der Waals surface area contributed by atoms with Gasteiger partial charge in [0.1, 0.15) is 12.4 Å². The minimum atomic E-state index is 0.530. The summed E-state index contributed by atoms with van der Waals surface area (Å²) in [6, 6.07) is 6.98. The fraction of sp³-hybridized carbons (Fsp3) is 0.600. The van der Waals surface area contributed by atoms with Crippen LogP contribution in [0.1, 0.15) is 37.4 Å². The molecule has 0 aliphatic heterocycles. The maximum Gasteiger partial charge on any atom is 0.119 e. The maximum absolute atomic E-state index is 5.68. The van der Waals surface area contributed by atoms with Gasteiger partial charge in [-0.2, -0.15) is 0 Å². The van der Waals surface area contributed by atoms with E-state index in [1.165, 1.54) is 17.5 Å². The zero-order valence-corrected chi connectivity index (χ0v) is 11.4. The van der Waals surface area contributed by atoms with Crippen molar-refractivity contribution in [2.75, 3.05) is 26.4 Å². The van der Waals surface area contributed by atoms with Crippen molar-refractivity contribution in [1.29, 1.82) is 0 Å². The van der Waals surface area contributed by atoms with Crippen LogP contribution >= 0.6 is 0 Å². The van der Waals surface area contributed by atoms with Crippen molar-refractivity contribution in [1.82, 2.24) is 5.32 Å². The SMILES string of the molecule is CCNC1CCc2cc(OCCOCC)ccc21. The van der Waals surface area contributed by atoms with Gasteiger partial charge >= 0.3 is 0 Å². The molecule has 0 amide bonds. The van der Waals surface area contributed by atoms with Crippen molar-refractivity contribution in [3.63, 3.8) is 0 Å². The highest BCUT2D eigenvalue weighted by Gasteiger charge is 2.21. The Morgan fingerprint density at radius 3 is 2.94 bits per heavy atom. The molecule has 0 bridgehead atoms. The fourth-order valence-corrected chi connectivity index (χ4v) is 2.50. The van der Waals surface area contributed by atoms with E-state index in [9.17, 15) is 0 Å². The van der Waals surface area contributed by atoms with Crippen LogP contribution in [0.2, 0.25) is 0 Å². The van der Waals surface area contributed by atoms with Crippen molar-refractivity contribution >= 4 is 0 Å². The van der Waals surface area contributed by atoms with Crippen molar-refractivity contribution in [3.8, 4) is 5.75 Å². The second-order valence-corrected chi connectivity index (χ2v) is 4.55. The summed E-state index contributed by atoms with van der Waals surface area (Å²) in [6.07, 6.45) is 2.35. The molecule has 0 saturated carbocycles. The normalized spacial score (nSPS) is 17.8. The van der Waals surface area contributed by atoms with Crippen LogP contribution < -0.4 is 10.1 Å². The smallest absolute Gasteiger partial charge is 0.119 e. The van der Waals surface area contributed by atoms with Crippen LogP contribution in [-0.4, -0.2) is 26.4 Å². The molecule has 18 heavy (non-hydrogen) atoms. The Morgan fingerprint density at radius 2 is 2.17 bits per heavy atom. The van der Waals surface area contributed by atoms with Gasteiger partial charge in [0, 0.05) is 12.6 Å². The van der Waals surface area contributed by atoms with Gasteiger partial charge in [0.05, 0.1) is 6.61 Å². The molecule has 0 radical (unpaired) electrons. The molecule has 0 heterocycles. The lowest BCUT2D eigenvalue weighted by molar-refractivity contribution is 0.110. The molecule has 1 aliphatic carbocycles. The molecule has 1 unspecified atom stereocenters. The lowest BCUT2D eigenvalue weighted by Gasteiger charge is -2.13. The van der Waals surface area contributed by atoms with Gasteiger partial charge in [-0.05, 0) is 49.6 Å². The highest BCUT2D eigenvalue weighted by Crippen LogP contribution is 2.33. The van der Waals surface area contributed by atoms with E-state index in [2.05, 4.69) is 30.4 Å². The molecule has 1 aliphatic rings. The van der Waals surface area contributed by atoms with Crippen molar-refractivity contribution < 1.29 is 9.47 Å². The number of benzene rings is 1. The Labute approximate surface area is 109 Å². The molecule has 0 aromatic heterocycles. The third-order valence-corrected chi connectivity index (χ3v) is 3.34. The fourth-order valence-electron chi connectivity index (χ4n) is 2.50. The van der Waals surface area contributed by atoms with Gasteiger partial charge in [-0.15, -0.1) is 0 Å². The lowest BCUT2D eigenvalue weighted by Crippen LogP contribution is -2.18. The van der Waals surface area contributed by atoms with Gasteiger partial charge in [-0.3, -0.25) is 0 Å². The third-order valence-electron chi connectivity index (χ3n) is 3.34. The second kappa shape index (κ2) is 6.76. The second-order valence-electron chi connectivity index (χ2n) is 4.55. The first-order valence-corrected chi connectivity index (χ1v) is 6.92. The number of hydrogen-bond acceptors (Lipinski definition) is 3. The summed E-state index contributed by atoms with van der Waals surface area (Å²) >= 11 is 0. The van der Waals surface area contributed by atoms with E-state index >= 15 is 0 Å². The molecular weight excluding hydrogens is 226 g/mol. The third kappa shape index (κ3) is 3.24. The monoisotopic (exact) mass is 249 g/mol. The highest BCUT2D eigenvalue weighted by atomic mass is 16.5. The Hall–Kier alpha value is -1.06. The van der Waals surface area contributed by atoms with Crippen molar-refractivity contribution in [3.05, 3.63) is 29.3 Å². The minimum absolute atomic E-state index is 0.530. The standard InChI is InChI=1S/C15H23NO2/c1-3-16-15-8-5-12-11-13(6-7-14(12)15)18-10-9-17-4-2/h6-7,11,15-16H,3-5,8-10H2,1-2H3. The first kappa shape index (κ1) is 13.4. The van der Waals surface area contributed by atoms with E-state index in [0.29, 0.717) is 19.3 Å². The molecule has 0 spiro atoms. The quantitative estimate of drug-likeness (QED) is 0.754. The van der Waals surface area contributed by atoms with Crippen LogP contribution in [-0.2, 0) is 11.2 Å². The van der Waals surface area contributed by atoms with E-state index in [1.807, 2.05) is 6.92 Å². The van der Waals surface area contributed by atoms with Crippen LogP contribution in [0.3, 0.4) is 0 Å². The molecule has 2 rings (SSSR count). The van der Waals surface area contributed by atoms with Crippen molar-refractivity contribution in [2.45, 2.75) is 32.7 Å². The van der Waals surface area contributed by atoms with Gasteiger partial charge in [0.25, 0.3) is 0 Å². The lowest BCUT2D eigenvalue weighted by atomic mass is 10.1. The number of nitrogens with one attached hydrogen (secondary N) is 1. The first-order chi connectivity index (χ1) is 8.85. The molecule has 1 aromatic rings. The van der Waals surface area contributed by atoms with Crippen LogP contribution in [0.4, 0.5) is 0 Å². The van der Waals surface area contributed by atoms with Gasteiger partial charge in [-0.1, -0.05) is 13.0 Å². The van der Waals surface area contributed by atoms with E-state index in [0.717, 1.165) is 25.3 Å². The van der Waals surface area contributed by atoms with E-state index in [-0.39, 0.29) is 0 Å². The van der Waals surface area contributed by atoms with Crippen molar-refractivity contribution in [2.24, 2.45) is 0 Å². The summed E-state index contributed by atoms with van der Waals surface area (Å²) < 4.78 is 10.9. The predicted octanol–water partition coefficient (Wildman–Crippen LogP) is 2.70. The summed E-state index contributed by atoms with van der Waals surface area (Å²) in [6.45, 7) is 7.21. The predicted molar refractivity (Wildman–Crippen MR) is 73.2 cm³/mol. The largest absolute Gasteiger partial charge is 0.491 e. The van der Waals surface area contributed by atoms with Gasteiger partial charge in [-0.25, -0.2) is 0 Å². The summed E-state index contributed by atoms with van der Waals surface area (Å²) in [5.74, 6) is 0.964. The molecular formula is C15H23NO2. The Balaban J connectivity index is 1.92. The molecule has 3 nitrogen and oxygen atoms in total. The van der Waals surface area contributed by atoms with Gasteiger partial charge in [0.15, 0.2) is 0 Å². The van der Waals surface area contributed by atoms with E-state index < -0.39 is 0 Å². The number of ether oxygens (including phenoxy) is 2. The molecule has 0 saturated heterocycles. The molecule has 1 N–H and O–H groups in total. The number of fused-ring (bicyclic) bond motifs is 1. The summed E-state index contributed by atoms with van der Waals surface area (Å²) in [5, 5.41) is 3.52. The Kier molecular flexibility index (Phi) is 5.02. The average molecular weight is 249 g/mol. The minimum Gasteiger partial charge on any atom is -0.491 e. The Morgan fingerprint density at radius 1 is 1.28 bits per heavy atom. The van der Waals surface area contributed by atoms with Crippen LogP contribution in [0.25, 0.3) is 0 Å². The zero-order chi connectivity index (χ0) is 12.8. The Bertz CT molecular complexity index is 379. The highest BCUT2D eigenvalue weighted by molar-refractivity contribution is 5.40. The van der Waals surface area contributed by atoms with Gasteiger partial charge in [0.2, 0.25) is 0 Å². The van der Waals surface area contributed by atoms with E-state index in [1.54, 1.807) is 0 Å². The van der Waals surface area contributed by atoms with Crippen LogP contribution in [0, 0.1) is 0 Å². The summed E-state index contributed by atoms with van der Waals surface area (Å²) in [4.78, 5) is 0. The van der Waals surface area contributed by atoms with Gasteiger partial charge < -0.3 is 14.8 Å². The summed E-state index contributed by atoms with van der Waals surface area (Å²) in [7, 11) is 0.